The molecule has 0 aliphatic rings. The average Bonchev–Trinajstić information content (AvgIpc) is 2.47. The molecular weight excluding hydrogens is 304 g/mol. The van der Waals surface area contributed by atoms with Crippen LogP contribution in [0.2, 0.25) is 5.02 Å². The van der Waals surface area contributed by atoms with Crippen molar-refractivity contribution in [2.75, 3.05) is 30.9 Å². The van der Waals surface area contributed by atoms with E-state index < -0.39 is 4.92 Å². The van der Waals surface area contributed by atoms with E-state index in [9.17, 15) is 10.1 Å². The molecule has 1 aromatic heterocycles. The molecule has 22 heavy (non-hydrogen) atoms. The second kappa shape index (κ2) is 6.62. The molecule has 0 fully saturated rings. The number of nitrogens with zero attached hydrogens (tertiary/aromatic N) is 4. The highest BCUT2D eigenvalue weighted by atomic mass is 35.5. The Morgan fingerprint density at radius 1 is 1.27 bits per heavy atom. The monoisotopic (exact) mass is 320 g/mol. The molecule has 1 heterocycles. The lowest BCUT2D eigenvalue weighted by atomic mass is 10.2. The van der Waals surface area contributed by atoms with Crippen molar-refractivity contribution >= 4 is 28.8 Å². The highest BCUT2D eigenvalue weighted by Gasteiger charge is 2.14. The Balaban J connectivity index is 2.20. The molecule has 116 valence electrons. The van der Waals surface area contributed by atoms with Gasteiger partial charge in [-0.05, 0) is 17.7 Å². The van der Waals surface area contributed by atoms with Gasteiger partial charge in [-0.15, -0.1) is 0 Å². The molecule has 7 heteroatoms. The number of rotatable bonds is 5. The van der Waals surface area contributed by atoms with Crippen LogP contribution < -0.4 is 9.80 Å². The van der Waals surface area contributed by atoms with Gasteiger partial charge in [-0.25, -0.2) is 4.98 Å². The lowest BCUT2D eigenvalue weighted by Gasteiger charge is -2.20. The van der Waals surface area contributed by atoms with Crippen LogP contribution in [0.25, 0.3) is 0 Å². The summed E-state index contributed by atoms with van der Waals surface area (Å²) < 4.78 is 0. The number of nitro groups is 1. The third-order valence-electron chi connectivity index (χ3n) is 3.23. The molecule has 0 amide bonds. The molecule has 0 saturated heterocycles. The number of hydrogen-bond acceptors (Lipinski definition) is 5. The van der Waals surface area contributed by atoms with E-state index in [2.05, 4.69) is 11.1 Å². The first-order chi connectivity index (χ1) is 10.4. The third-order valence-corrected chi connectivity index (χ3v) is 3.50. The zero-order valence-corrected chi connectivity index (χ0v) is 13.4. The lowest BCUT2D eigenvalue weighted by molar-refractivity contribution is -0.385. The van der Waals surface area contributed by atoms with Gasteiger partial charge in [-0.3, -0.25) is 10.1 Å². The largest absolute Gasteiger partial charge is 0.378 e. The summed E-state index contributed by atoms with van der Waals surface area (Å²) in [5, 5.41) is 11.0. The van der Waals surface area contributed by atoms with Gasteiger partial charge in [0.05, 0.1) is 9.95 Å². The van der Waals surface area contributed by atoms with E-state index in [4.69, 9.17) is 11.6 Å². The van der Waals surface area contributed by atoms with Gasteiger partial charge in [0.2, 0.25) is 0 Å². The van der Waals surface area contributed by atoms with E-state index in [1.54, 1.807) is 0 Å². The zero-order chi connectivity index (χ0) is 16.3. The number of anilines is 2. The van der Waals surface area contributed by atoms with Crippen LogP contribution in [-0.4, -0.2) is 31.1 Å². The van der Waals surface area contributed by atoms with Crippen LogP contribution in [0, 0.1) is 10.1 Å². The number of benzene rings is 1. The van der Waals surface area contributed by atoms with Gasteiger partial charge in [0.15, 0.2) is 0 Å². The van der Waals surface area contributed by atoms with Crippen molar-refractivity contribution < 1.29 is 4.92 Å². The van der Waals surface area contributed by atoms with Crippen molar-refractivity contribution in [1.82, 2.24) is 4.98 Å². The van der Waals surface area contributed by atoms with Gasteiger partial charge in [0, 0.05) is 39.4 Å². The van der Waals surface area contributed by atoms with Crippen molar-refractivity contribution in [3.05, 3.63) is 57.2 Å². The molecular formula is C15H17ClN4O2. The van der Waals surface area contributed by atoms with Crippen LogP contribution in [0.4, 0.5) is 17.2 Å². The number of hydrogen-bond donors (Lipinski definition) is 0. The van der Waals surface area contributed by atoms with Crippen molar-refractivity contribution in [2.24, 2.45) is 0 Å². The minimum atomic E-state index is -0.511. The summed E-state index contributed by atoms with van der Waals surface area (Å²) in [6.45, 7) is 0.603. The smallest absolute Gasteiger partial charge is 0.289 e. The summed E-state index contributed by atoms with van der Waals surface area (Å²) in [7, 11) is 5.82. The Bertz CT molecular complexity index is 691. The van der Waals surface area contributed by atoms with Crippen LogP contribution in [0.15, 0.2) is 36.5 Å². The zero-order valence-electron chi connectivity index (χ0n) is 12.7. The maximum absolute atomic E-state index is 10.7. The maximum Gasteiger partial charge on any atom is 0.289 e. The van der Waals surface area contributed by atoms with Gasteiger partial charge in [-0.1, -0.05) is 23.7 Å². The highest BCUT2D eigenvalue weighted by Crippen LogP contribution is 2.27. The summed E-state index contributed by atoms with van der Waals surface area (Å²) >= 11 is 6.10. The maximum atomic E-state index is 10.7. The Morgan fingerprint density at radius 3 is 2.59 bits per heavy atom. The van der Waals surface area contributed by atoms with Crippen molar-refractivity contribution in [2.45, 2.75) is 6.54 Å². The molecule has 0 unspecified atom stereocenters. The summed E-state index contributed by atoms with van der Waals surface area (Å²) in [6, 6.07) is 9.43. The number of aromatic nitrogens is 1. The van der Waals surface area contributed by atoms with Gasteiger partial charge >= 0.3 is 0 Å². The summed E-state index contributed by atoms with van der Waals surface area (Å²) in [4.78, 5) is 18.2. The molecule has 0 atom stereocenters. The number of pyridine rings is 1. The quantitative estimate of drug-likeness (QED) is 0.624. The Hall–Kier alpha value is -2.34. The molecule has 0 spiro atoms. The van der Waals surface area contributed by atoms with E-state index in [0.717, 1.165) is 11.3 Å². The highest BCUT2D eigenvalue weighted by molar-refractivity contribution is 6.33. The van der Waals surface area contributed by atoms with Crippen LogP contribution in [0.1, 0.15) is 5.56 Å². The lowest BCUT2D eigenvalue weighted by Crippen LogP contribution is -2.18. The molecule has 0 bridgehead atoms. The molecule has 6 nitrogen and oxygen atoms in total. The van der Waals surface area contributed by atoms with Crippen molar-refractivity contribution in [1.29, 1.82) is 0 Å². The van der Waals surface area contributed by atoms with Crippen molar-refractivity contribution in [3.63, 3.8) is 0 Å². The molecule has 0 aliphatic heterocycles. The van der Waals surface area contributed by atoms with E-state index in [0.29, 0.717) is 12.4 Å². The average molecular weight is 321 g/mol. The second-order valence-electron chi connectivity index (χ2n) is 5.18. The molecule has 2 rings (SSSR count). The van der Waals surface area contributed by atoms with Crippen LogP contribution >= 0.6 is 11.6 Å². The van der Waals surface area contributed by atoms with Gasteiger partial charge < -0.3 is 9.80 Å². The molecule has 0 radical (unpaired) electrons. The Labute approximate surface area is 134 Å². The molecule has 0 aliphatic carbocycles. The van der Waals surface area contributed by atoms with Crippen LogP contribution in [0.5, 0.6) is 0 Å². The van der Waals surface area contributed by atoms with E-state index in [-0.39, 0.29) is 10.7 Å². The minimum Gasteiger partial charge on any atom is -0.378 e. The normalized spacial score (nSPS) is 10.4. The summed E-state index contributed by atoms with van der Waals surface area (Å²) in [6.07, 6.45) is 1.22. The fraction of sp³-hybridized carbons (Fsp3) is 0.267. The Kier molecular flexibility index (Phi) is 4.82. The first-order valence-electron chi connectivity index (χ1n) is 6.66. The molecule has 0 N–H and O–H groups in total. The Morgan fingerprint density at radius 2 is 2.00 bits per heavy atom. The molecule has 1 aromatic carbocycles. The summed E-state index contributed by atoms with van der Waals surface area (Å²) in [5.41, 5.74) is 2.09. The van der Waals surface area contributed by atoms with Gasteiger partial charge in [-0.2, -0.15) is 0 Å². The fourth-order valence-electron chi connectivity index (χ4n) is 2.08. The standard InChI is InChI=1S/C15H17ClN4O2/c1-18(2)12-6-4-5-11(7-12)10-19(3)15-14(16)8-13(9-17-15)20(21)22/h4-9H,10H2,1-3H3. The third kappa shape index (κ3) is 3.65. The first-order valence-corrected chi connectivity index (χ1v) is 7.03. The second-order valence-corrected chi connectivity index (χ2v) is 5.58. The van der Waals surface area contributed by atoms with E-state index >= 15 is 0 Å². The first kappa shape index (κ1) is 16.0. The number of halogens is 1. The molecule has 2 aromatic rings. The topological polar surface area (TPSA) is 62.5 Å². The predicted molar refractivity (Wildman–Crippen MR) is 88.8 cm³/mol. The van der Waals surface area contributed by atoms with Crippen LogP contribution in [-0.2, 0) is 6.54 Å². The predicted octanol–water partition coefficient (Wildman–Crippen LogP) is 3.35. The van der Waals surface area contributed by atoms with E-state index in [1.807, 2.05) is 49.1 Å². The van der Waals surface area contributed by atoms with Crippen LogP contribution in [0.3, 0.4) is 0 Å². The van der Waals surface area contributed by atoms with E-state index in [1.165, 1.54) is 12.3 Å². The fourth-order valence-corrected chi connectivity index (χ4v) is 2.39. The van der Waals surface area contributed by atoms with Gasteiger partial charge in [0.1, 0.15) is 12.0 Å². The summed E-state index contributed by atoms with van der Waals surface area (Å²) in [5.74, 6) is 0.516. The minimum absolute atomic E-state index is 0.114. The van der Waals surface area contributed by atoms with Crippen molar-refractivity contribution in [3.8, 4) is 0 Å². The SMILES string of the molecule is CN(C)c1cccc(CN(C)c2ncc([N+](=O)[O-])cc2Cl)c1. The van der Waals surface area contributed by atoms with Gasteiger partial charge in [0.25, 0.3) is 5.69 Å². The molecule has 0 saturated carbocycles.